The Kier molecular flexibility index (Phi) is 6.24. The van der Waals surface area contributed by atoms with E-state index in [1.807, 2.05) is 0 Å². The van der Waals surface area contributed by atoms with Crippen LogP contribution in [0.25, 0.3) is 0 Å². The molecule has 4 nitrogen and oxygen atoms in total. The average molecular weight is 289 g/mol. The van der Waals surface area contributed by atoms with Crippen molar-refractivity contribution in [2.24, 2.45) is 0 Å². The second-order valence-electron chi connectivity index (χ2n) is 4.35. The van der Waals surface area contributed by atoms with Crippen molar-refractivity contribution in [3.63, 3.8) is 0 Å². The first-order valence-corrected chi connectivity index (χ1v) is 8.17. The van der Waals surface area contributed by atoms with Crippen LogP contribution in [0.15, 0.2) is 23.1 Å². The van der Waals surface area contributed by atoms with Gasteiger partial charge in [-0.15, -0.1) is 0 Å². The maximum absolute atomic E-state index is 13.3. The number of benzene rings is 1. The van der Waals surface area contributed by atoms with Crippen LogP contribution in [0.1, 0.15) is 19.8 Å². The van der Waals surface area contributed by atoms with Crippen molar-refractivity contribution in [2.75, 3.05) is 26.0 Å². The highest BCUT2D eigenvalue weighted by Gasteiger charge is 2.10. The number of halogens is 1. The highest BCUT2D eigenvalue weighted by molar-refractivity contribution is 7.90. The topological polar surface area (TPSA) is 55.4 Å². The molecule has 0 amide bonds. The molecule has 6 heteroatoms. The average Bonchev–Trinajstić information content (AvgIpc) is 2.32. The summed E-state index contributed by atoms with van der Waals surface area (Å²) in [4.78, 5) is -0.0681. The van der Waals surface area contributed by atoms with Gasteiger partial charge in [0.05, 0.1) is 4.90 Å². The lowest BCUT2D eigenvalue weighted by Crippen LogP contribution is -2.22. The molecule has 1 N–H and O–H groups in total. The molecular weight excluding hydrogens is 269 g/mol. The smallest absolute Gasteiger partial charge is 0.175 e. The molecule has 0 aliphatic rings. The maximum atomic E-state index is 13.3. The van der Waals surface area contributed by atoms with E-state index in [-0.39, 0.29) is 10.6 Å². The van der Waals surface area contributed by atoms with Gasteiger partial charge in [-0.1, -0.05) is 13.3 Å². The summed E-state index contributed by atoms with van der Waals surface area (Å²) >= 11 is 0. The molecule has 0 atom stereocenters. The molecule has 1 aromatic rings. The third-order valence-corrected chi connectivity index (χ3v) is 3.62. The fourth-order valence-electron chi connectivity index (χ4n) is 1.50. The number of sulfone groups is 1. The Hall–Kier alpha value is -1.14. The van der Waals surface area contributed by atoms with Crippen LogP contribution >= 0.6 is 0 Å². The van der Waals surface area contributed by atoms with E-state index in [1.54, 1.807) is 0 Å². The number of hydrogen-bond donors (Lipinski definition) is 1. The molecule has 0 aliphatic heterocycles. The Labute approximate surface area is 113 Å². The monoisotopic (exact) mass is 289 g/mol. The first-order valence-electron chi connectivity index (χ1n) is 6.27. The Balaban J connectivity index is 2.52. The number of nitrogens with one attached hydrogen (secondary N) is 1. The summed E-state index contributed by atoms with van der Waals surface area (Å²) in [5.74, 6) is -0.380. The summed E-state index contributed by atoms with van der Waals surface area (Å²) in [6.45, 7) is 4.04. The van der Waals surface area contributed by atoms with Gasteiger partial charge in [0.25, 0.3) is 0 Å². The molecule has 0 saturated carbocycles. The van der Waals surface area contributed by atoms with Crippen molar-refractivity contribution in [1.82, 2.24) is 5.32 Å². The molecule has 0 spiro atoms. The second-order valence-corrected chi connectivity index (χ2v) is 6.36. The van der Waals surface area contributed by atoms with Gasteiger partial charge in [-0.2, -0.15) is 0 Å². The molecule has 0 heterocycles. The van der Waals surface area contributed by atoms with Gasteiger partial charge in [-0.25, -0.2) is 12.8 Å². The molecule has 19 heavy (non-hydrogen) atoms. The highest BCUT2D eigenvalue weighted by atomic mass is 32.2. The second kappa shape index (κ2) is 7.45. The lowest BCUT2D eigenvalue weighted by atomic mass is 10.3. The van der Waals surface area contributed by atoms with E-state index in [0.29, 0.717) is 13.2 Å². The van der Waals surface area contributed by atoms with Crippen molar-refractivity contribution < 1.29 is 17.5 Å². The van der Waals surface area contributed by atoms with E-state index in [0.717, 1.165) is 31.7 Å². The molecule has 0 aromatic heterocycles. The Morgan fingerprint density at radius 3 is 2.63 bits per heavy atom. The zero-order chi connectivity index (χ0) is 14.3. The summed E-state index contributed by atoms with van der Waals surface area (Å²) in [5.41, 5.74) is 0. The molecule has 0 radical (unpaired) electrons. The first-order chi connectivity index (χ1) is 8.93. The SMILES string of the molecule is CCCCNCCOc1cc(F)cc(S(C)(=O)=O)c1. The summed E-state index contributed by atoms with van der Waals surface area (Å²) in [6, 6.07) is 3.51. The summed E-state index contributed by atoms with van der Waals surface area (Å²) < 4.78 is 41.3. The third kappa shape index (κ3) is 6.02. The maximum Gasteiger partial charge on any atom is 0.175 e. The predicted molar refractivity (Wildman–Crippen MR) is 72.8 cm³/mol. The molecule has 1 aromatic carbocycles. The predicted octanol–water partition coefficient (Wildman–Crippen LogP) is 2.00. The molecule has 0 bridgehead atoms. The Morgan fingerprint density at radius 2 is 2.00 bits per heavy atom. The normalized spacial score (nSPS) is 11.5. The van der Waals surface area contributed by atoms with E-state index >= 15 is 0 Å². The molecule has 0 aliphatic carbocycles. The van der Waals surface area contributed by atoms with Gasteiger partial charge >= 0.3 is 0 Å². The van der Waals surface area contributed by atoms with Gasteiger partial charge < -0.3 is 10.1 Å². The van der Waals surface area contributed by atoms with Crippen LogP contribution in [-0.4, -0.2) is 34.4 Å². The van der Waals surface area contributed by atoms with E-state index < -0.39 is 15.7 Å². The van der Waals surface area contributed by atoms with Gasteiger partial charge in [-0.3, -0.25) is 0 Å². The van der Waals surface area contributed by atoms with Crippen LogP contribution in [-0.2, 0) is 9.84 Å². The van der Waals surface area contributed by atoms with Crippen LogP contribution < -0.4 is 10.1 Å². The van der Waals surface area contributed by atoms with E-state index in [2.05, 4.69) is 12.2 Å². The number of rotatable bonds is 8. The van der Waals surface area contributed by atoms with Gasteiger partial charge in [0.2, 0.25) is 0 Å². The Bertz CT molecular complexity index is 503. The van der Waals surface area contributed by atoms with Crippen LogP contribution in [0, 0.1) is 5.82 Å². The van der Waals surface area contributed by atoms with Gasteiger partial charge in [-0.05, 0) is 25.1 Å². The van der Waals surface area contributed by atoms with Crippen LogP contribution in [0.2, 0.25) is 0 Å². The zero-order valence-electron chi connectivity index (χ0n) is 11.3. The van der Waals surface area contributed by atoms with E-state index in [1.165, 1.54) is 12.1 Å². The van der Waals surface area contributed by atoms with Crippen molar-refractivity contribution in [2.45, 2.75) is 24.7 Å². The van der Waals surface area contributed by atoms with Gasteiger partial charge in [0.15, 0.2) is 9.84 Å². The molecule has 108 valence electrons. The summed E-state index contributed by atoms with van der Waals surface area (Å²) in [7, 11) is -3.43. The fourth-order valence-corrected chi connectivity index (χ4v) is 2.16. The number of ether oxygens (including phenoxy) is 1. The third-order valence-electron chi connectivity index (χ3n) is 2.53. The van der Waals surface area contributed by atoms with Crippen molar-refractivity contribution >= 4 is 9.84 Å². The van der Waals surface area contributed by atoms with Gasteiger partial charge in [0, 0.05) is 18.9 Å². The summed E-state index contributed by atoms with van der Waals surface area (Å²) in [6.07, 6.45) is 3.26. The minimum Gasteiger partial charge on any atom is -0.492 e. The number of unbranched alkanes of at least 4 members (excludes halogenated alkanes) is 1. The van der Waals surface area contributed by atoms with Crippen molar-refractivity contribution in [3.05, 3.63) is 24.0 Å². The first kappa shape index (κ1) is 15.9. The minimum absolute atomic E-state index is 0.0681. The summed E-state index contributed by atoms with van der Waals surface area (Å²) in [5, 5.41) is 3.18. The highest BCUT2D eigenvalue weighted by Crippen LogP contribution is 2.19. The van der Waals surface area contributed by atoms with Crippen LogP contribution in [0.5, 0.6) is 5.75 Å². The van der Waals surface area contributed by atoms with Crippen LogP contribution in [0.4, 0.5) is 4.39 Å². The van der Waals surface area contributed by atoms with Crippen molar-refractivity contribution in [1.29, 1.82) is 0 Å². The quantitative estimate of drug-likeness (QED) is 0.744. The van der Waals surface area contributed by atoms with Crippen molar-refractivity contribution in [3.8, 4) is 5.75 Å². The molecule has 0 saturated heterocycles. The van der Waals surface area contributed by atoms with E-state index in [9.17, 15) is 12.8 Å². The largest absolute Gasteiger partial charge is 0.492 e. The minimum atomic E-state index is -3.43. The molecule has 0 fully saturated rings. The Morgan fingerprint density at radius 1 is 1.26 bits per heavy atom. The van der Waals surface area contributed by atoms with Gasteiger partial charge in [0.1, 0.15) is 18.2 Å². The standard InChI is InChI=1S/C13H20FNO3S/c1-3-4-5-15-6-7-18-12-8-11(14)9-13(10-12)19(2,16)17/h8-10,15H,3-7H2,1-2H3. The molecular formula is C13H20FNO3S. The lowest BCUT2D eigenvalue weighted by Gasteiger charge is -2.08. The van der Waals surface area contributed by atoms with E-state index in [4.69, 9.17) is 4.74 Å². The fraction of sp³-hybridized carbons (Fsp3) is 0.538. The lowest BCUT2D eigenvalue weighted by molar-refractivity contribution is 0.311. The molecule has 0 unspecified atom stereocenters. The van der Waals surface area contributed by atoms with Crippen LogP contribution in [0.3, 0.4) is 0 Å². The zero-order valence-corrected chi connectivity index (χ0v) is 12.1. The molecule has 1 rings (SSSR count). The number of hydrogen-bond acceptors (Lipinski definition) is 4.